The molecule has 0 radical (unpaired) electrons. The summed E-state index contributed by atoms with van der Waals surface area (Å²) in [4.78, 5) is 0. The van der Waals surface area contributed by atoms with E-state index < -0.39 is 0 Å². The highest BCUT2D eigenvalue weighted by Crippen LogP contribution is 2.54. The van der Waals surface area contributed by atoms with Gasteiger partial charge in [-0.25, -0.2) is 0 Å². The maximum absolute atomic E-state index is 10.1. The van der Waals surface area contributed by atoms with Crippen molar-refractivity contribution in [3.8, 4) is 5.75 Å². The molecular weight excluding hydrogens is 290 g/mol. The number of hydrogen-bond donors (Lipinski definition) is 2. The summed E-state index contributed by atoms with van der Waals surface area (Å²) in [7, 11) is 0. The molecule has 0 amide bonds. The smallest absolute Gasteiger partial charge is 0.119 e. The highest BCUT2D eigenvalue weighted by molar-refractivity contribution is 8.93. The van der Waals surface area contributed by atoms with Crippen LogP contribution in [0.5, 0.6) is 5.75 Å². The highest BCUT2D eigenvalue weighted by Gasteiger charge is 2.53. The number of fused-ring (bicyclic) bond motifs is 2. The summed E-state index contributed by atoms with van der Waals surface area (Å²) in [6, 6.07) is 6.47. The Morgan fingerprint density at radius 2 is 2.00 bits per heavy atom. The normalized spacial score (nSPS) is 32.3. The average molecular weight is 312 g/mol. The summed E-state index contributed by atoms with van der Waals surface area (Å²) in [6.07, 6.45) is 2.18. The number of aromatic hydroxyl groups is 1. The van der Waals surface area contributed by atoms with Gasteiger partial charge in [0.15, 0.2) is 0 Å². The highest BCUT2D eigenvalue weighted by atomic mass is 79.9. The van der Waals surface area contributed by atoms with E-state index in [1.165, 1.54) is 12.0 Å². The largest absolute Gasteiger partial charge is 0.508 e. The molecule has 3 rings (SSSR count). The predicted octanol–water partition coefficient (Wildman–Crippen LogP) is 3.17. The van der Waals surface area contributed by atoms with Crippen molar-refractivity contribution >= 4 is 17.0 Å². The number of hydrogen-bond acceptors (Lipinski definition) is 2. The van der Waals surface area contributed by atoms with Crippen molar-refractivity contribution in [2.24, 2.45) is 5.41 Å². The molecule has 1 fully saturated rings. The summed E-state index contributed by atoms with van der Waals surface area (Å²) >= 11 is 0. The van der Waals surface area contributed by atoms with Crippen molar-refractivity contribution < 1.29 is 5.11 Å². The van der Waals surface area contributed by atoms with Crippen molar-refractivity contribution in [1.82, 2.24) is 5.32 Å². The molecule has 2 atom stereocenters. The van der Waals surface area contributed by atoms with Gasteiger partial charge in [0, 0.05) is 6.04 Å². The molecule has 2 nitrogen and oxygen atoms in total. The number of halogens is 1. The van der Waals surface area contributed by atoms with Crippen LogP contribution in [0.3, 0.4) is 0 Å². The second-order valence-electron chi connectivity index (χ2n) is 6.31. The van der Waals surface area contributed by atoms with Crippen molar-refractivity contribution in [2.45, 2.75) is 45.1 Å². The summed E-state index contributed by atoms with van der Waals surface area (Å²) in [5.74, 6) is 0.464. The van der Waals surface area contributed by atoms with Crippen LogP contribution in [0.1, 0.15) is 38.3 Å². The molecule has 2 N–H and O–H groups in total. The van der Waals surface area contributed by atoms with Crippen molar-refractivity contribution in [1.29, 1.82) is 0 Å². The van der Waals surface area contributed by atoms with Crippen LogP contribution in [-0.4, -0.2) is 17.7 Å². The lowest BCUT2D eigenvalue weighted by molar-refractivity contribution is 0.129. The van der Waals surface area contributed by atoms with E-state index in [0.717, 1.165) is 18.5 Å². The zero-order valence-corrected chi connectivity index (χ0v) is 13.0. The second-order valence-corrected chi connectivity index (χ2v) is 6.31. The standard InChI is InChI=1S/C15H21NO.BrH/c1-14(2)11-5-4-6-12(17)10(11)9-13-15(14,3)7-8-16-13;/h4-6,13,16-17H,7-9H2,1-3H3;1H/t13-,15+;/m1./s1. The molecular formula is C15H22BrNO. The van der Waals surface area contributed by atoms with Gasteiger partial charge in [0.2, 0.25) is 0 Å². The van der Waals surface area contributed by atoms with Crippen LogP contribution in [0.25, 0.3) is 0 Å². The molecule has 0 spiro atoms. The minimum atomic E-state index is 0. The second kappa shape index (κ2) is 4.24. The van der Waals surface area contributed by atoms with E-state index in [1.54, 1.807) is 0 Å². The molecule has 2 aliphatic rings. The first kappa shape index (κ1) is 13.9. The summed E-state index contributed by atoms with van der Waals surface area (Å²) in [6.45, 7) is 8.14. The zero-order valence-electron chi connectivity index (χ0n) is 11.3. The molecule has 100 valence electrons. The topological polar surface area (TPSA) is 32.3 Å². The fourth-order valence-electron chi connectivity index (χ4n) is 3.84. The zero-order chi connectivity index (χ0) is 12.3. The van der Waals surface area contributed by atoms with Gasteiger partial charge in [0.1, 0.15) is 5.75 Å². The van der Waals surface area contributed by atoms with Crippen molar-refractivity contribution in [3.05, 3.63) is 29.3 Å². The molecule has 0 saturated carbocycles. The number of nitrogens with one attached hydrogen (secondary N) is 1. The number of phenols is 1. The van der Waals surface area contributed by atoms with E-state index >= 15 is 0 Å². The van der Waals surface area contributed by atoms with Crippen LogP contribution < -0.4 is 5.32 Å². The first-order chi connectivity index (χ1) is 7.97. The number of benzene rings is 1. The third kappa shape index (κ3) is 1.56. The minimum Gasteiger partial charge on any atom is -0.508 e. The van der Waals surface area contributed by atoms with E-state index in [2.05, 4.69) is 32.2 Å². The Morgan fingerprint density at radius 3 is 2.72 bits per heavy atom. The fourth-order valence-corrected chi connectivity index (χ4v) is 3.84. The third-order valence-electron chi connectivity index (χ3n) is 5.46. The molecule has 3 heteroatoms. The lowest BCUT2D eigenvalue weighted by Gasteiger charge is -2.50. The van der Waals surface area contributed by atoms with Crippen LogP contribution in [0.15, 0.2) is 18.2 Å². The number of rotatable bonds is 0. The van der Waals surface area contributed by atoms with Gasteiger partial charge in [0.05, 0.1) is 0 Å². The maximum atomic E-state index is 10.1. The van der Waals surface area contributed by atoms with E-state index in [-0.39, 0.29) is 22.4 Å². The van der Waals surface area contributed by atoms with Gasteiger partial charge in [0.25, 0.3) is 0 Å². The van der Waals surface area contributed by atoms with Crippen molar-refractivity contribution in [2.75, 3.05) is 6.54 Å². The van der Waals surface area contributed by atoms with E-state index in [0.29, 0.717) is 17.2 Å². The fraction of sp³-hybridized carbons (Fsp3) is 0.600. The molecule has 1 aromatic carbocycles. The third-order valence-corrected chi connectivity index (χ3v) is 5.46. The molecule has 1 aliphatic carbocycles. The molecule has 0 aromatic heterocycles. The van der Waals surface area contributed by atoms with Gasteiger partial charge in [-0.1, -0.05) is 32.9 Å². The van der Waals surface area contributed by atoms with Gasteiger partial charge in [-0.2, -0.15) is 0 Å². The molecule has 1 saturated heterocycles. The van der Waals surface area contributed by atoms with Gasteiger partial charge >= 0.3 is 0 Å². The lowest BCUT2D eigenvalue weighted by Crippen LogP contribution is -2.52. The predicted molar refractivity (Wildman–Crippen MR) is 79.7 cm³/mol. The quantitative estimate of drug-likeness (QED) is 0.771. The van der Waals surface area contributed by atoms with Crippen LogP contribution in [0.4, 0.5) is 0 Å². The summed E-state index contributed by atoms with van der Waals surface area (Å²) in [5, 5.41) is 13.7. The Morgan fingerprint density at radius 1 is 1.28 bits per heavy atom. The molecule has 18 heavy (non-hydrogen) atoms. The molecule has 1 aliphatic heterocycles. The molecule has 1 heterocycles. The molecule has 0 unspecified atom stereocenters. The van der Waals surface area contributed by atoms with Gasteiger partial charge in [-0.3, -0.25) is 0 Å². The lowest BCUT2D eigenvalue weighted by atomic mass is 9.54. The Balaban J connectivity index is 0.00000120. The summed E-state index contributed by atoms with van der Waals surface area (Å²) < 4.78 is 0. The maximum Gasteiger partial charge on any atom is 0.119 e. The first-order valence-corrected chi connectivity index (χ1v) is 6.51. The Bertz CT molecular complexity index is 472. The van der Waals surface area contributed by atoms with Crippen LogP contribution in [-0.2, 0) is 11.8 Å². The Kier molecular flexibility index (Phi) is 3.27. The average Bonchev–Trinajstić information content (AvgIpc) is 2.64. The molecule has 0 bridgehead atoms. The van der Waals surface area contributed by atoms with E-state index in [9.17, 15) is 5.11 Å². The van der Waals surface area contributed by atoms with Crippen molar-refractivity contribution in [3.63, 3.8) is 0 Å². The van der Waals surface area contributed by atoms with Gasteiger partial charge in [-0.15, -0.1) is 17.0 Å². The monoisotopic (exact) mass is 311 g/mol. The molecule has 1 aromatic rings. The van der Waals surface area contributed by atoms with E-state index in [1.807, 2.05) is 12.1 Å². The van der Waals surface area contributed by atoms with Gasteiger partial charge in [-0.05, 0) is 47.4 Å². The minimum absolute atomic E-state index is 0. The Hall–Kier alpha value is -0.540. The van der Waals surface area contributed by atoms with Crippen LogP contribution in [0.2, 0.25) is 0 Å². The number of phenolic OH excluding ortho intramolecular Hbond substituents is 1. The van der Waals surface area contributed by atoms with Crippen LogP contribution >= 0.6 is 17.0 Å². The first-order valence-electron chi connectivity index (χ1n) is 6.51. The summed E-state index contributed by atoms with van der Waals surface area (Å²) in [5.41, 5.74) is 2.90. The van der Waals surface area contributed by atoms with Crippen LogP contribution in [0, 0.1) is 5.41 Å². The van der Waals surface area contributed by atoms with E-state index in [4.69, 9.17) is 0 Å². The SMILES string of the molecule is Br.CC1(C)c2cccc(O)c2C[C@H]2NCC[C@@]21C. The Labute approximate surface area is 120 Å². The van der Waals surface area contributed by atoms with Gasteiger partial charge < -0.3 is 10.4 Å².